The van der Waals surface area contributed by atoms with E-state index in [2.05, 4.69) is 498 Å². The Bertz CT molecular complexity index is 8010. The molecular formula is C127H84. The molecule has 0 heteroatoms. The average Bonchev–Trinajstić information content (AvgIpc) is 1.55. The molecule has 0 radical (unpaired) electrons. The Morgan fingerprint density at radius 3 is 0.764 bits per heavy atom. The van der Waals surface area contributed by atoms with Crippen molar-refractivity contribution in [3.63, 3.8) is 0 Å². The van der Waals surface area contributed by atoms with E-state index in [1.807, 2.05) is 0 Å². The fourth-order valence-corrected chi connectivity index (χ4v) is 21.5. The highest BCUT2D eigenvalue weighted by molar-refractivity contribution is 6.23. The van der Waals surface area contributed by atoms with Crippen LogP contribution in [-0.4, -0.2) is 0 Å². The zero-order valence-electron chi connectivity index (χ0n) is 70.3. The van der Waals surface area contributed by atoms with E-state index >= 15 is 0 Å². The summed E-state index contributed by atoms with van der Waals surface area (Å²) in [6.07, 6.45) is 8.89. The van der Waals surface area contributed by atoms with Gasteiger partial charge in [0.1, 0.15) is 0 Å². The summed E-state index contributed by atoms with van der Waals surface area (Å²) in [4.78, 5) is 0. The lowest BCUT2D eigenvalue weighted by Crippen LogP contribution is -2.28. The van der Waals surface area contributed by atoms with Crippen LogP contribution in [0, 0.1) is 6.92 Å². The Morgan fingerprint density at radius 2 is 0.394 bits per heavy atom. The third kappa shape index (κ3) is 12.5. The van der Waals surface area contributed by atoms with Crippen LogP contribution in [0.15, 0.2) is 467 Å². The first-order valence-electron chi connectivity index (χ1n) is 44.3. The van der Waals surface area contributed by atoms with Crippen LogP contribution < -0.4 is 0 Å². The van der Waals surface area contributed by atoms with Gasteiger partial charge in [0.2, 0.25) is 0 Å². The summed E-state index contributed by atoms with van der Waals surface area (Å²) in [6, 6.07) is 175. The first-order valence-corrected chi connectivity index (χ1v) is 44.3. The summed E-state index contributed by atoms with van der Waals surface area (Å²) in [5.74, 6) is 0. The number of hydrogen-bond acceptors (Lipinski definition) is 0. The lowest BCUT2D eigenvalue weighted by Gasteiger charge is -2.34. The minimum Gasteiger partial charge on any atom is -0.0622 e. The van der Waals surface area contributed by atoms with Gasteiger partial charge in [-0.05, 0) is 263 Å². The maximum Gasteiger partial charge on any atom is 0.0713 e. The van der Waals surface area contributed by atoms with Crippen LogP contribution in [-0.2, 0) is 10.8 Å². The van der Waals surface area contributed by atoms with Gasteiger partial charge in [0, 0.05) is 0 Å². The maximum atomic E-state index is 2.45. The largest absolute Gasteiger partial charge is 0.0713 e. The second kappa shape index (κ2) is 30.7. The normalized spacial score (nSPS) is 13.7. The minimum atomic E-state index is -0.573. The molecule has 1 unspecified atom stereocenters. The van der Waals surface area contributed by atoms with Gasteiger partial charge >= 0.3 is 0 Å². The van der Waals surface area contributed by atoms with E-state index in [-0.39, 0.29) is 0 Å². The summed E-state index contributed by atoms with van der Waals surface area (Å²) in [6.45, 7) is 2.18. The molecule has 0 bridgehead atoms. The molecule has 0 aliphatic heterocycles. The number of fused-ring (bicyclic) bond motifs is 12. The third-order valence-electron chi connectivity index (χ3n) is 27.5. The van der Waals surface area contributed by atoms with Crippen LogP contribution in [0.1, 0.15) is 72.3 Å². The van der Waals surface area contributed by atoms with Crippen LogP contribution in [0.4, 0.5) is 0 Å². The summed E-state index contributed by atoms with van der Waals surface area (Å²) < 4.78 is 0. The summed E-state index contributed by atoms with van der Waals surface area (Å²) in [5, 5.41) is 14.8. The van der Waals surface area contributed by atoms with Gasteiger partial charge in [-0.15, -0.1) is 0 Å². The predicted molar refractivity (Wildman–Crippen MR) is 540 cm³/mol. The lowest BCUT2D eigenvalue weighted by molar-refractivity contribution is 0.768. The fraction of sp³-hybridized carbons (Fsp3) is 0.0236. The molecule has 0 saturated heterocycles. The molecule has 2 aliphatic rings. The van der Waals surface area contributed by atoms with E-state index in [0.717, 1.165) is 16.7 Å². The molecule has 2 aliphatic carbocycles. The number of aryl methyl sites for hydroxylation is 1. The van der Waals surface area contributed by atoms with Crippen molar-refractivity contribution in [2.75, 3.05) is 0 Å². The first-order chi connectivity index (χ1) is 62.8. The quantitative estimate of drug-likeness (QED) is 0.0709. The van der Waals surface area contributed by atoms with E-state index in [4.69, 9.17) is 0 Å². The van der Waals surface area contributed by atoms with Gasteiger partial charge < -0.3 is 0 Å². The van der Waals surface area contributed by atoms with Crippen LogP contribution in [0.2, 0.25) is 0 Å². The van der Waals surface area contributed by atoms with E-state index < -0.39 is 10.8 Å². The standard InChI is InChI=1S/C127H84/c1-83-39-72-103(73-40-83)127(118-36-18-15-25-106(118)107-26-16-19-37-119(107)127)105-76-69-94(70-77-105)125-115-34-13-9-30-111(115)123(112-31-10-14-35-116(112)125)92-59-51-87(52-60-92)44-42-85-47-55-90(56-48-85)97-63-64-99-81-100(66-65-98(99)80-97)101-71-78-121-117(82-101)108-27-17-20-38-120(108)126(121,102-23-3-2-4-24-102)104-74-67-93(68-75-104)124-113-32-11-7-28-109(113)122(110-29-8-12-33-114(110)124)91-57-49-86(50-58-91)43-41-84-45-53-89(54-46-84)96-62-61-88-21-5-6-22-95(88)79-96/h2-82H,1H3. The van der Waals surface area contributed by atoms with Crippen molar-refractivity contribution >= 4 is 88.9 Å². The van der Waals surface area contributed by atoms with Crippen molar-refractivity contribution in [2.24, 2.45) is 0 Å². The third-order valence-corrected chi connectivity index (χ3v) is 27.5. The van der Waals surface area contributed by atoms with Crippen LogP contribution in [0.3, 0.4) is 0 Å². The topological polar surface area (TPSA) is 0 Å². The summed E-state index contributed by atoms with van der Waals surface area (Å²) >= 11 is 0. The molecule has 592 valence electrons. The Kier molecular flexibility index (Phi) is 18.1. The molecule has 0 fully saturated rings. The molecular weight excluding hydrogens is 1530 g/mol. The molecule has 22 aromatic carbocycles. The van der Waals surface area contributed by atoms with Gasteiger partial charge in [0.25, 0.3) is 0 Å². The Morgan fingerprint density at radius 1 is 0.157 bits per heavy atom. The monoisotopic (exact) mass is 1610 g/mol. The predicted octanol–water partition coefficient (Wildman–Crippen LogP) is 33.7. The number of rotatable bonds is 15. The molecule has 22 aromatic rings. The zero-order chi connectivity index (χ0) is 84.1. The van der Waals surface area contributed by atoms with Crippen molar-refractivity contribution < 1.29 is 0 Å². The molecule has 0 spiro atoms. The van der Waals surface area contributed by atoms with E-state index in [1.54, 1.807) is 0 Å². The van der Waals surface area contributed by atoms with Crippen molar-refractivity contribution in [3.8, 4) is 100 Å². The number of benzene rings is 22. The maximum absolute atomic E-state index is 2.45. The van der Waals surface area contributed by atoms with Crippen molar-refractivity contribution in [1.29, 1.82) is 0 Å². The smallest absolute Gasteiger partial charge is 0.0622 e. The highest BCUT2D eigenvalue weighted by Crippen LogP contribution is 2.60. The Labute approximate surface area is 741 Å². The van der Waals surface area contributed by atoms with Gasteiger partial charge in [-0.3, -0.25) is 0 Å². The van der Waals surface area contributed by atoms with Gasteiger partial charge in [0.05, 0.1) is 10.8 Å². The molecule has 0 heterocycles. The highest BCUT2D eigenvalue weighted by atomic mass is 14.5. The molecule has 0 amide bonds. The molecule has 1 atom stereocenters. The summed E-state index contributed by atoms with van der Waals surface area (Å²) in [5.41, 5.74) is 37.2. The second-order valence-electron chi connectivity index (χ2n) is 34.5. The molecule has 24 rings (SSSR count). The Hall–Kier alpha value is -16.1. The van der Waals surface area contributed by atoms with E-state index in [0.29, 0.717) is 0 Å². The van der Waals surface area contributed by atoms with Crippen molar-refractivity contribution in [3.05, 3.63) is 539 Å². The van der Waals surface area contributed by atoms with Gasteiger partial charge in [-0.1, -0.05) is 473 Å². The average molecular weight is 1610 g/mol. The second-order valence-corrected chi connectivity index (χ2v) is 34.5. The van der Waals surface area contributed by atoms with E-state index in [1.165, 1.54) is 220 Å². The van der Waals surface area contributed by atoms with Gasteiger partial charge in [-0.2, -0.15) is 0 Å². The van der Waals surface area contributed by atoms with Crippen molar-refractivity contribution in [2.45, 2.75) is 17.8 Å². The summed E-state index contributed by atoms with van der Waals surface area (Å²) in [7, 11) is 0. The molecule has 127 heavy (non-hydrogen) atoms. The van der Waals surface area contributed by atoms with Crippen LogP contribution >= 0.6 is 0 Å². The van der Waals surface area contributed by atoms with Crippen molar-refractivity contribution in [1.82, 2.24) is 0 Å². The Balaban J connectivity index is 0.484. The first kappa shape index (κ1) is 74.7. The molecule has 0 nitrogen and oxygen atoms in total. The van der Waals surface area contributed by atoms with Crippen LogP contribution in [0.25, 0.3) is 189 Å². The lowest BCUT2D eigenvalue weighted by atomic mass is 9.67. The molecule has 0 aromatic heterocycles. The van der Waals surface area contributed by atoms with Gasteiger partial charge in [-0.25, -0.2) is 0 Å². The number of hydrogen-bond donors (Lipinski definition) is 0. The molecule has 0 saturated carbocycles. The highest BCUT2D eigenvalue weighted by Gasteiger charge is 2.48. The SMILES string of the molecule is Cc1ccc(C2(c3ccc(-c4c5ccccc5c(-c5ccc(C=Cc6ccc(-c7ccc8cc(-c9ccc%10c(c9)-c9ccccc9C%10(c9ccccc9)c9ccc(-c%10c%11ccccc%11c(-c%11ccc(C=Cc%12ccc(-c%13ccc%14ccccc%14c%13)cc%12)cc%11)c%11ccccc%10%11)cc9)ccc8c7)cc6)cc5)c5ccccc45)cc3)c3ccccc3-c3ccccc32)cc1. The minimum absolute atomic E-state index is 0.462. The zero-order valence-corrected chi connectivity index (χ0v) is 70.3. The van der Waals surface area contributed by atoms with E-state index in [9.17, 15) is 0 Å². The van der Waals surface area contributed by atoms with Gasteiger partial charge in [0.15, 0.2) is 0 Å². The fourth-order valence-electron chi connectivity index (χ4n) is 21.5. The van der Waals surface area contributed by atoms with Crippen LogP contribution in [0.5, 0.6) is 0 Å². The molecule has 0 N–H and O–H groups in total.